The summed E-state index contributed by atoms with van der Waals surface area (Å²) in [7, 11) is 3.98. The number of carbonyl (C=O) groups is 5. The molecule has 11 heteroatoms. The quantitative estimate of drug-likeness (QED) is 0.0344. The average molecular weight is 883 g/mol. The summed E-state index contributed by atoms with van der Waals surface area (Å²) in [6.45, 7) is 11.3. The molecule has 0 saturated heterocycles. The molecule has 62 heavy (non-hydrogen) atoms. The maximum absolute atomic E-state index is 12.7. The standard InChI is InChI=1S/C30H58N2O5.C21H40O4/c1-5-7-9-11-12-14-20-27(19-13-10-8-6-2)30(35)37-25-16-15-22-29(34)36-26-18-23-31-28(33)21-17-24-32(3)4;1-3-5-7-9-10-12-16-19(15-11-8-6-4-2)21(24)25-18-14-13-17-20(22)23/h27H,5-26H2,1-4H3,(H,31,33);19H,3-18H2,1-2H3,(H,22,23). The molecule has 0 spiro atoms. The number of nitrogens with one attached hydrogen (secondary N) is 1. The van der Waals surface area contributed by atoms with E-state index < -0.39 is 5.97 Å². The third-order valence-corrected chi connectivity index (χ3v) is 11.3. The minimum absolute atomic E-state index is 0.0153. The van der Waals surface area contributed by atoms with E-state index in [2.05, 4.69) is 37.9 Å². The van der Waals surface area contributed by atoms with E-state index in [1.807, 2.05) is 14.1 Å². The highest BCUT2D eigenvalue weighted by molar-refractivity contribution is 5.75. The Kier molecular flexibility index (Phi) is 47.3. The van der Waals surface area contributed by atoms with Crippen LogP contribution in [0.2, 0.25) is 0 Å². The molecule has 0 saturated carbocycles. The van der Waals surface area contributed by atoms with Gasteiger partial charge in [-0.25, -0.2) is 0 Å². The van der Waals surface area contributed by atoms with Crippen LogP contribution < -0.4 is 5.32 Å². The van der Waals surface area contributed by atoms with Crippen molar-refractivity contribution in [2.45, 2.75) is 240 Å². The minimum Gasteiger partial charge on any atom is -0.481 e. The van der Waals surface area contributed by atoms with Crippen LogP contribution >= 0.6 is 0 Å². The lowest BCUT2D eigenvalue weighted by Crippen LogP contribution is -2.26. The second-order valence-electron chi connectivity index (χ2n) is 17.7. The number of carboxylic acid groups (broad SMARTS) is 1. The summed E-state index contributed by atoms with van der Waals surface area (Å²) in [6.07, 6.45) is 32.9. The number of hydrogen-bond acceptors (Lipinski definition) is 9. The van der Waals surface area contributed by atoms with Crippen LogP contribution in [0.1, 0.15) is 240 Å². The molecule has 0 aliphatic heterocycles. The summed E-state index contributed by atoms with van der Waals surface area (Å²) in [5.41, 5.74) is 0. The maximum Gasteiger partial charge on any atom is 0.308 e. The highest BCUT2D eigenvalue weighted by atomic mass is 16.5. The molecule has 2 unspecified atom stereocenters. The van der Waals surface area contributed by atoms with Crippen molar-refractivity contribution in [3.05, 3.63) is 0 Å². The van der Waals surface area contributed by atoms with E-state index in [-0.39, 0.29) is 42.1 Å². The van der Waals surface area contributed by atoms with Crippen LogP contribution in [0.4, 0.5) is 0 Å². The van der Waals surface area contributed by atoms with E-state index in [9.17, 15) is 24.0 Å². The van der Waals surface area contributed by atoms with Crippen molar-refractivity contribution in [1.29, 1.82) is 0 Å². The Hall–Kier alpha value is -2.69. The topological polar surface area (TPSA) is 149 Å². The van der Waals surface area contributed by atoms with Gasteiger partial charge in [0.2, 0.25) is 5.91 Å². The van der Waals surface area contributed by atoms with E-state index in [0.717, 1.165) is 64.3 Å². The Labute approximate surface area is 380 Å². The molecule has 0 heterocycles. The van der Waals surface area contributed by atoms with Gasteiger partial charge in [-0.15, -0.1) is 0 Å². The Bertz CT molecular complexity index is 1050. The zero-order chi connectivity index (χ0) is 46.3. The van der Waals surface area contributed by atoms with Crippen molar-refractivity contribution >= 4 is 29.8 Å². The van der Waals surface area contributed by atoms with Crippen LogP contribution in [-0.2, 0) is 38.2 Å². The summed E-state index contributed by atoms with van der Waals surface area (Å²) < 4.78 is 16.2. The first-order valence-corrected chi connectivity index (χ1v) is 25.6. The number of carboxylic acids is 1. The van der Waals surface area contributed by atoms with E-state index in [0.29, 0.717) is 71.3 Å². The number of ether oxygens (including phenoxy) is 3. The zero-order valence-electron chi connectivity index (χ0n) is 41.2. The Morgan fingerprint density at radius 2 is 0.839 bits per heavy atom. The molecule has 0 rings (SSSR count). The summed E-state index contributed by atoms with van der Waals surface area (Å²) in [5, 5.41) is 11.5. The van der Waals surface area contributed by atoms with Gasteiger partial charge in [0.15, 0.2) is 0 Å². The van der Waals surface area contributed by atoms with Gasteiger partial charge in [0.1, 0.15) is 0 Å². The molecule has 366 valence electrons. The predicted molar refractivity (Wildman–Crippen MR) is 254 cm³/mol. The van der Waals surface area contributed by atoms with Crippen LogP contribution in [0.3, 0.4) is 0 Å². The number of amides is 1. The van der Waals surface area contributed by atoms with E-state index in [4.69, 9.17) is 19.3 Å². The van der Waals surface area contributed by atoms with Gasteiger partial charge in [-0.2, -0.15) is 0 Å². The van der Waals surface area contributed by atoms with Crippen molar-refractivity contribution in [3.63, 3.8) is 0 Å². The Morgan fingerprint density at radius 3 is 1.26 bits per heavy atom. The van der Waals surface area contributed by atoms with Gasteiger partial charge in [-0.3, -0.25) is 24.0 Å². The number of carbonyl (C=O) groups excluding carboxylic acids is 4. The molecule has 11 nitrogen and oxygen atoms in total. The van der Waals surface area contributed by atoms with Crippen molar-refractivity contribution < 1.29 is 43.3 Å². The smallest absolute Gasteiger partial charge is 0.308 e. The molecule has 0 bridgehead atoms. The largest absolute Gasteiger partial charge is 0.481 e. The van der Waals surface area contributed by atoms with Crippen molar-refractivity contribution in [1.82, 2.24) is 10.2 Å². The van der Waals surface area contributed by atoms with E-state index >= 15 is 0 Å². The second kappa shape index (κ2) is 47.8. The second-order valence-corrected chi connectivity index (χ2v) is 17.7. The number of unbranched alkanes of at least 4 members (excludes halogenated alkanes) is 18. The molecule has 0 aromatic carbocycles. The van der Waals surface area contributed by atoms with Crippen molar-refractivity contribution in [2.75, 3.05) is 47.0 Å². The fraction of sp³-hybridized carbons (Fsp3) is 0.902. The van der Waals surface area contributed by atoms with E-state index in [1.165, 1.54) is 103 Å². The van der Waals surface area contributed by atoms with E-state index in [1.54, 1.807) is 0 Å². The number of aliphatic carboxylic acids is 1. The maximum atomic E-state index is 12.7. The number of hydrogen-bond donors (Lipinski definition) is 2. The molecule has 1 amide bonds. The van der Waals surface area contributed by atoms with Gasteiger partial charge in [0.25, 0.3) is 0 Å². The lowest BCUT2D eigenvalue weighted by molar-refractivity contribution is -0.150. The Morgan fingerprint density at radius 1 is 0.452 bits per heavy atom. The minimum atomic E-state index is -0.789. The van der Waals surface area contributed by atoms with Crippen molar-refractivity contribution in [2.24, 2.45) is 11.8 Å². The summed E-state index contributed by atoms with van der Waals surface area (Å²) in [4.78, 5) is 61.2. The molecule has 2 N–H and O–H groups in total. The molecule has 0 radical (unpaired) electrons. The lowest BCUT2D eigenvalue weighted by Gasteiger charge is -2.16. The normalized spacial score (nSPS) is 12.0. The highest BCUT2D eigenvalue weighted by Crippen LogP contribution is 2.22. The van der Waals surface area contributed by atoms with Gasteiger partial charge in [-0.05, 0) is 84.8 Å². The predicted octanol–water partition coefficient (Wildman–Crippen LogP) is 12.6. The number of rotatable bonds is 44. The lowest BCUT2D eigenvalue weighted by atomic mass is 9.94. The average Bonchev–Trinajstić information content (AvgIpc) is 3.24. The van der Waals surface area contributed by atoms with Gasteiger partial charge in [0.05, 0.1) is 31.7 Å². The first-order valence-electron chi connectivity index (χ1n) is 25.6. The fourth-order valence-corrected chi connectivity index (χ4v) is 7.27. The van der Waals surface area contributed by atoms with Gasteiger partial charge < -0.3 is 29.5 Å². The zero-order valence-corrected chi connectivity index (χ0v) is 41.2. The SMILES string of the molecule is CCCCCCCCC(CCCCCC)C(=O)OCCCCC(=O)O.CCCCCCCCC(CCCCCC)C(=O)OCCCCC(=O)OCCCNC(=O)CCCN(C)C. The molecular weight excluding hydrogens is 785 g/mol. The third-order valence-electron chi connectivity index (χ3n) is 11.3. The van der Waals surface area contributed by atoms with Gasteiger partial charge >= 0.3 is 23.9 Å². The summed E-state index contributed by atoms with van der Waals surface area (Å²) in [5.74, 6) is -1.07. The molecule has 0 fully saturated rings. The molecular formula is C51H98N2O9. The van der Waals surface area contributed by atoms with Crippen LogP contribution in [0.5, 0.6) is 0 Å². The first kappa shape index (κ1) is 61.4. The summed E-state index contributed by atoms with van der Waals surface area (Å²) in [6, 6.07) is 0. The molecule has 0 aromatic rings. The van der Waals surface area contributed by atoms with Crippen LogP contribution in [0, 0.1) is 11.8 Å². The van der Waals surface area contributed by atoms with Crippen molar-refractivity contribution in [3.8, 4) is 0 Å². The fourth-order valence-electron chi connectivity index (χ4n) is 7.27. The number of esters is 3. The molecule has 0 aromatic heterocycles. The monoisotopic (exact) mass is 883 g/mol. The highest BCUT2D eigenvalue weighted by Gasteiger charge is 2.20. The van der Waals surface area contributed by atoms with Crippen LogP contribution in [0.25, 0.3) is 0 Å². The first-order chi connectivity index (χ1) is 30.0. The van der Waals surface area contributed by atoms with Crippen LogP contribution in [0.15, 0.2) is 0 Å². The third kappa shape index (κ3) is 45.3. The van der Waals surface area contributed by atoms with Crippen LogP contribution in [-0.4, -0.2) is 86.8 Å². The Balaban J connectivity index is 0. The molecule has 2 atom stereocenters. The molecule has 0 aliphatic rings. The number of nitrogens with zero attached hydrogens (tertiary/aromatic N) is 1. The molecule has 0 aliphatic carbocycles. The van der Waals surface area contributed by atoms with Gasteiger partial charge in [-0.1, -0.05) is 156 Å². The summed E-state index contributed by atoms with van der Waals surface area (Å²) >= 11 is 0. The van der Waals surface area contributed by atoms with Gasteiger partial charge in [0, 0.05) is 25.8 Å².